The second-order valence-corrected chi connectivity index (χ2v) is 18.1. The third-order valence-corrected chi connectivity index (χ3v) is 14.8. The van der Waals surface area contributed by atoms with Crippen LogP contribution in [0.1, 0.15) is 29.2 Å². The van der Waals surface area contributed by atoms with Gasteiger partial charge in [-0.2, -0.15) is 0 Å². The van der Waals surface area contributed by atoms with E-state index in [0.29, 0.717) is 5.66 Å². The van der Waals surface area contributed by atoms with E-state index in [0.717, 1.165) is 0 Å². The maximum atomic E-state index is 2.49. The minimum atomic E-state index is -0.839. The van der Waals surface area contributed by atoms with E-state index in [1.807, 2.05) is 32.1 Å². The number of hydrogen-bond donors (Lipinski definition) is 0. The molecule has 2 saturated carbocycles. The SMILES string of the molecule is Cc1cc(C)cc(P(c2cc(C)cc(C)c2)C(C)[C]2[CH][CH][CH][C]2P(c2cccc3ccccc23)c2cccc3ccccc23)c1.[CH]1[CH][CH][CH][CH]1.[Fe]. The third kappa shape index (κ3) is 8.56. The molecule has 1 unspecified atom stereocenters. The Balaban J connectivity index is 0.000000689. The summed E-state index contributed by atoms with van der Waals surface area (Å²) < 4.78 is 0. The van der Waals surface area contributed by atoms with Gasteiger partial charge in [0.1, 0.15) is 0 Å². The Bertz CT molecular complexity index is 1890. The molecule has 2 aliphatic rings. The Hall–Kier alpha value is -2.78. The molecule has 0 amide bonds. The summed E-state index contributed by atoms with van der Waals surface area (Å²) >= 11 is 0. The van der Waals surface area contributed by atoms with Crippen molar-refractivity contribution in [3.63, 3.8) is 0 Å². The molecule has 0 bridgehead atoms. The van der Waals surface area contributed by atoms with Crippen LogP contribution in [0.15, 0.2) is 121 Å². The van der Waals surface area contributed by atoms with Crippen molar-refractivity contribution in [1.82, 2.24) is 0 Å². The minimum Gasteiger partial charge on any atom is -0.0616 e. The molecule has 0 heterocycles. The summed E-state index contributed by atoms with van der Waals surface area (Å²) in [5, 5.41) is 11.1. The predicted molar refractivity (Wildman–Crippen MR) is 222 cm³/mol. The quantitative estimate of drug-likeness (QED) is 0.113. The number of fused-ring (bicyclic) bond motifs is 2. The molecule has 2 aliphatic carbocycles. The van der Waals surface area contributed by atoms with E-state index >= 15 is 0 Å². The van der Waals surface area contributed by atoms with E-state index in [9.17, 15) is 0 Å². The van der Waals surface area contributed by atoms with Crippen molar-refractivity contribution in [1.29, 1.82) is 0 Å². The van der Waals surface area contributed by atoms with Crippen molar-refractivity contribution in [2.24, 2.45) is 0 Å². The molecule has 3 heteroatoms. The van der Waals surface area contributed by atoms with Gasteiger partial charge >= 0.3 is 0 Å². The smallest absolute Gasteiger partial charge is 0.0202 e. The largest absolute Gasteiger partial charge is 0.0616 e. The van der Waals surface area contributed by atoms with E-state index in [-0.39, 0.29) is 17.1 Å². The van der Waals surface area contributed by atoms with Gasteiger partial charge in [0.15, 0.2) is 0 Å². The molecular formula is C48H44FeP2. The zero-order valence-corrected chi connectivity index (χ0v) is 32.9. The van der Waals surface area contributed by atoms with Gasteiger partial charge in [0, 0.05) is 22.7 Å². The van der Waals surface area contributed by atoms with Crippen LogP contribution in [0.25, 0.3) is 21.5 Å². The Kier molecular flexibility index (Phi) is 12.9. The van der Waals surface area contributed by atoms with Crippen molar-refractivity contribution < 1.29 is 17.1 Å². The summed E-state index contributed by atoms with van der Waals surface area (Å²) in [6.07, 6.45) is 17.2. The topological polar surface area (TPSA) is 0 Å². The summed E-state index contributed by atoms with van der Waals surface area (Å²) in [4.78, 5) is 0. The van der Waals surface area contributed by atoms with Gasteiger partial charge in [-0.05, 0) is 149 Å². The molecule has 10 radical (unpaired) electrons. The number of rotatable bonds is 7. The van der Waals surface area contributed by atoms with Gasteiger partial charge in [-0.25, -0.2) is 0 Å². The van der Waals surface area contributed by atoms with Crippen LogP contribution in [0, 0.1) is 90.6 Å². The summed E-state index contributed by atoms with van der Waals surface area (Å²) in [6.45, 7) is 11.4. The Morgan fingerprint density at radius 2 is 0.863 bits per heavy atom. The van der Waals surface area contributed by atoms with Crippen LogP contribution >= 0.6 is 15.8 Å². The van der Waals surface area contributed by atoms with E-state index in [1.165, 1.54) is 76.6 Å². The molecule has 0 aliphatic heterocycles. The van der Waals surface area contributed by atoms with Crippen LogP contribution in [0.2, 0.25) is 0 Å². The van der Waals surface area contributed by atoms with Gasteiger partial charge < -0.3 is 0 Å². The standard InChI is InChI=1S/C43H39P2.C5H5.Fe/c1-29-23-30(2)26-36(25-29)44(37-27-31(3)24-32(4)28-37)33(5)38-19-12-22-41(38)45(42-20-10-15-34-13-6-8-17-39(34)42)43-21-11-16-35-14-7-9-18-40(35)43;1-2-4-5-3-1;/h6-28,33H,1-5H3;1-5H;. The maximum Gasteiger partial charge on any atom is 0.0202 e. The average molecular weight is 739 g/mol. The van der Waals surface area contributed by atoms with Crippen LogP contribution in [0.4, 0.5) is 0 Å². The molecule has 0 aromatic heterocycles. The molecule has 6 aromatic carbocycles. The zero-order valence-electron chi connectivity index (χ0n) is 30.0. The molecule has 0 saturated heterocycles. The third-order valence-electron chi connectivity index (χ3n) is 9.44. The number of hydrogen-bond acceptors (Lipinski definition) is 0. The van der Waals surface area contributed by atoms with Gasteiger partial charge in [-0.3, -0.25) is 0 Å². The predicted octanol–water partition coefficient (Wildman–Crippen LogP) is 10.9. The maximum absolute atomic E-state index is 2.49. The Morgan fingerprint density at radius 3 is 1.31 bits per heavy atom. The van der Waals surface area contributed by atoms with Crippen molar-refractivity contribution in [3.05, 3.63) is 207 Å². The zero-order chi connectivity index (χ0) is 34.6. The van der Waals surface area contributed by atoms with Gasteiger partial charge in [0.25, 0.3) is 0 Å². The van der Waals surface area contributed by atoms with Crippen molar-refractivity contribution >= 4 is 58.6 Å². The first kappa shape index (κ1) is 38.0. The molecule has 6 aromatic rings. The molecule has 8 rings (SSSR count). The molecule has 0 spiro atoms. The van der Waals surface area contributed by atoms with Gasteiger partial charge in [0.05, 0.1) is 0 Å². The molecule has 0 nitrogen and oxygen atoms in total. The van der Waals surface area contributed by atoms with Crippen LogP contribution in [-0.2, 0) is 17.1 Å². The number of aryl methyl sites for hydroxylation is 4. The fraction of sp³-hybridized carbons (Fsp3) is 0.125. The van der Waals surface area contributed by atoms with Crippen LogP contribution in [-0.4, -0.2) is 5.66 Å². The van der Waals surface area contributed by atoms with E-state index < -0.39 is 15.8 Å². The Labute approximate surface area is 320 Å². The van der Waals surface area contributed by atoms with Crippen LogP contribution in [0.3, 0.4) is 0 Å². The van der Waals surface area contributed by atoms with Gasteiger partial charge in [-0.15, -0.1) is 0 Å². The van der Waals surface area contributed by atoms with Gasteiger partial charge in [-0.1, -0.05) is 151 Å². The first-order valence-electron chi connectivity index (χ1n) is 17.5. The first-order valence-corrected chi connectivity index (χ1v) is 20.3. The Morgan fingerprint density at radius 1 is 0.451 bits per heavy atom. The van der Waals surface area contributed by atoms with E-state index in [2.05, 4.69) is 175 Å². The normalized spacial score (nSPS) is 15.7. The molecule has 51 heavy (non-hydrogen) atoms. The van der Waals surface area contributed by atoms with Crippen molar-refractivity contribution in [3.8, 4) is 0 Å². The van der Waals surface area contributed by atoms with Crippen molar-refractivity contribution in [2.45, 2.75) is 40.3 Å². The van der Waals surface area contributed by atoms with Crippen molar-refractivity contribution in [2.75, 3.05) is 0 Å². The molecule has 2 fully saturated rings. The van der Waals surface area contributed by atoms with Gasteiger partial charge in [0.2, 0.25) is 0 Å². The summed E-state index contributed by atoms with van der Waals surface area (Å²) in [7, 11) is -1.50. The minimum absolute atomic E-state index is 0. The molecule has 0 N–H and O–H groups in total. The fourth-order valence-electron chi connectivity index (χ4n) is 7.41. The van der Waals surface area contributed by atoms with Crippen LogP contribution < -0.4 is 21.2 Å². The first-order chi connectivity index (χ1) is 24.4. The average Bonchev–Trinajstić information content (AvgIpc) is 3.85. The van der Waals surface area contributed by atoms with Crippen LogP contribution in [0.5, 0.6) is 0 Å². The second kappa shape index (κ2) is 17.4. The fourth-order valence-corrected chi connectivity index (χ4v) is 13.5. The summed E-state index contributed by atoms with van der Waals surface area (Å²) in [5.41, 5.74) is 7.17. The molecular weight excluding hydrogens is 694 g/mol. The molecule has 254 valence electrons. The monoisotopic (exact) mass is 738 g/mol. The summed E-state index contributed by atoms with van der Waals surface area (Å²) in [5.74, 6) is 1.48. The van der Waals surface area contributed by atoms with E-state index in [1.54, 1.807) is 0 Å². The second-order valence-electron chi connectivity index (χ2n) is 13.4. The van der Waals surface area contributed by atoms with E-state index in [4.69, 9.17) is 0 Å². The number of benzene rings is 6. The summed E-state index contributed by atoms with van der Waals surface area (Å²) in [6, 6.07) is 46.0. The molecule has 1 atom stereocenters.